The van der Waals surface area contributed by atoms with Crippen LogP contribution in [0.3, 0.4) is 0 Å². The number of carbonyl (C=O) groups excluding carboxylic acids is 1. The van der Waals surface area contributed by atoms with Crippen LogP contribution < -0.4 is 4.90 Å². The van der Waals surface area contributed by atoms with Gasteiger partial charge in [-0.1, -0.05) is 0 Å². The SMILES string of the molecule is CS(=O)(=O)CCC(=O)N1CC2CN(c3ncccn3)CC2C1. The van der Waals surface area contributed by atoms with Crippen molar-refractivity contribution in [3.05, 3.63) is 18.5 Å². The maximum absolute atomic E-state index is 12.1. The molecule has 0 aliphatic carbocycles. The fraction of sp³-hybridized carbons (Fsp3) is 0.643. The molecule has 1 amide bonds. The third kappa shape index (κ3) is 3.37. The molecule has 0 spiro atoms. The van der Waals surface area contributed by atoms with Crippen molar-refractivity contribution in [2.45, 2.75) is 6.42 Å². The molecule has 2 atom stereocenters. The number of aromatic nitrogens is 2. The number of amides is 1. The zero-order chi connectivity index (χ0) is 15.7. The molecule has 8 heteroatoms. The van der Waals surface area contributed by atoms with Gasteiger partial charge in [0.05, 0.1) is 5.75 Å². The molecule has 0 saturated carbocycles. The van der Waals surface area contributed by atoms with E-state index in [2.05, 4.69) is 14.9 Å². The highest BCUT2D eigenvalue weighted by atomic mass is 32.2. The molecule has 2 fully saturated rings. The Balaban J connectivity index is 1.54. The van der Waals surface area contributed by atoms with Gasteiger partial charge < -0.3 is 9.80 Å². The Morgan fingerprint density at radius 1 is 1.18 bits per heavy atom. The second-order valence-electron chi connectivity index (χ2n) is 6.15. The van der Waals surface area contributed by atoms with E-state index in [-0.39, 0.29) is 18.1 Å². The van der Waals surface area contributed by atoms with Crippen LogP contribution in [0.25, 0.3) is 0 Å². The second kappa shape index (κ2) is 5.83. The minimum absolute atomic E-state index is 0.0534. The number of carbonyl (C=O) groups is 1. The van der Waals surface area contributed by atoms with Crippen molar-refractivity contribution < 1.29 is 13.2 Å². The maximum Gasteiger partial charge on any atom is 0.225 e. The normalized spacial score (nSPS) is 24.6. The van der Waals surface area contributed by atoms with Gasteiger partial charge in [0.25, 0.3) is 0 Å². The second-order valence-corrected chi connectivity index (χ2v) is 8.41. The summed E-state index contributed by atoms with van der Waals surface area (Å²) < 4.78 is 22.3. The first-order chi connectivity index (χ1) is 10.4. The smallest absolute Gasteiger partial charge is 0.225 e. The van der Waals surface area contributed by atoms with Gasteiger partial charge in [-0.2, -0.15) is 0 Å². The van der Waals surface area contributed by atoms with Crippen LogP contribution in [0.1, 0.15) is 6.42 Å². The van der Waals surface area contributed by atoms with Gasteiger partial charge >= 0.3 is 0 Å². The van der Waals surface area contributed by atoms with Gasteiger partial charge in [-0.05, 0) is 6.07 Å². The summed E-state index contributed by atoms with van der Waals surface area (Å²) in [4.78, 5) is 24.6. The summed E-state index contributed by atoms with van der Waals surface area (Å²) in [6.07, 6.45) is 4.72. The highest BCUT2D eigenvalue weighted by Crippen LogP contribution is 2.32. The van der Waals surface area contributed by atoms with Gasteiger partial charge in [-0.3, -0.25) is 4.79 Å². The summed E-state index contributed by atoms with van der Waals surface area (Å²) >= 11 is 0. The molecule has 7 nitrogen and oxygen atoms in total. The molecule has 3 heterocycles. The van der Waals surface area contributed by atoms with Crippen molar-refractivity contribution >= 4 is 21.7 Å². The molecular formula is C14H20N4O3S. The van der Waals surface area contributed by atoms with Crippen molar-refractivity contribution in [2.75, 3.05) is 43.1 Å². The van der Waals surface area contributed by atoms with Crippen LogP contribution in [0.15, 0.2) is 18.5 Å². The van der Waals surface area contributed by atoms with Crippen LogP contribution in [-0.4, -0.2) is 67.4 Å². The lowest BCUT2D eigenvalue weighted by molar-refractivity contribution is -0.130. The number of anilines is 1. The molecular weight excluding hydrogens is 304 g/mol. The standard InChI is InChI=1S/C14H20N4O3S/c1-22(20,21)6-3-13(19)17-7-11-9-18(10-12(11)8-17)14-15-4-2-5-16-14/h2,4-5,11-12H,3,6-10H2,1H3. The van der Waals surface area contributed by atoms with Crippen LogP contribution in [0, 0.1) is 11.8 Å². The minimum atomic E-state index is -3.08. The molecule has 1 aromatic rings. The van der Waals surface area contributed by atoms with Gasteiger partial charge in [0.1, 0.15) is 9.84 Å². The van der Waals surface area contributed by atoms with E-state index in [1.54, 1.807) is 18.5 Å². The first-order valence-electron chi connectivity index (χ1n) is 7.40. The monoisotopic (exact) mass is 324 g/mol. The van der Waals surface area contributed by atoms with Crippen LogP contribution in [0.5, 0.6) is 0 Å². The summed E-state index contributed by atoms with van der Waals surface area (Å²) in [5.41, 5.74) is 0. The lowest BCUT2D eigenvalue weighted by atomic mass is 10.0. The third-order valence-electron chi connectivity index (χ3n) is 4.36. The van der Waals surface area contributed by atoms with Gasteiger partial charge in [0.15, 0.2) is 0 Å². The lowest BCUT2D eigenvalue weighted by Gasteiger charge is -2.21. The molecule has 2 saturated heterocycles. The minimum Gasteiger partial charge on any atom is -0.342 e. The Kier molecular flexibility index (Phi) is 4.03. The molecule has 3 rings (SSSR count). The Hall–Kier alpha value is -1.70. The van der Waals surface area contributed by atoms with Crippen LogP contribution in [0.2, 0.25) is 0 Å². The van der Waals surface area contributed by atoms with E-state index in [9.17, 15) is 13.2 Å². The largest absolute Gasteiger partial charge is 0.342 e. The average molecular weight is 324 g/mol. The summed E-state index contributed by atoms with van der Waals surface area (Å²) in [6.45, 7) is 3.11. The Morgan fingerprint density at radius 2 is 1.77 bits per heavy atom. The van der Waals surface area contributed by atoms with Gasteiger partial charge in [0.2, 0.25) is 11.9 Å². The fourth-order valence-corrected chi connectivity index (χ4v) is 3.79. The quantitative estimate of drug-likeness (QED) is 0.763. The predicted molar refractivity (Wildman–Crippen MR) is 82.1 cm³/mol. The van der Waals surface area contributed by atoms with Gasteiger partial charge in [0, 0.05) is 63.1 Å². The van der Waals surface area contributed by atoms with Crippen LogP contribution >= 0.6 is 0 Å². The zero-order valence-electron chi connectivity index (χ0n) is 12.6. The molecule has 1 aromatic heterocycles. The topological polar surface area (TPSA) is 83.5 Å². The first kappa shape index (κ1) is 15.2. The molecule has 22 heavy (non-hydrogen) atoms. The lowest BCUT2D eigenvalue weighted by Crippen LogP contribution is -2.34. The predicted octanol–water partition coefficient (Wildman–Crippen LogP) is -0.194. The van der Waals surface area contributed by atoms with Crippen molar-refractivity contribution in [1.82, 2.24) is 14.9 Å². The van der Waals surface area contributed by atoms with E-state index in [1.807, 2.05) is 4.90 Å². The van der Waals surface area contributed by atoms with E-state index in [0.29, 0.717) is 24.9 Å². The van der Waals surface area contributed by atoms with E-state index in [4.69, 9.17) is 0 Å². The highest BCUT2D eigenvalue weighted by molar-refractivity contribution is 7.90. The summed E-state index contributed by atoms with van der Waals surface area (Å²) in [5.74, 6) is 1.47. The highest BCUT2D eigenvalue weighted by Gasteiger charge is 2.42. The molecule has 120 valence electrons. The number of likely N-dealkylation sites (tertiary alicyclic amines) is 1. The van der Waals surface area contributed by atoms with Crippen molar-refractivity contribution in [2.24, 2.45) is 11.8 Å². The average Bonchev–Trinajstić information content (AvgIpc) is 3.03. The van der Waals surface area contributed by atoms with Crippen LogP contribution in [0.4, 0.5) is 5.95 Å². The molecule has 2 aliphatic heterocycles. The zero-order valence-corrected chi connectivity index (χ0v) is 13.4. The molecule has 2 aliphatic rings. The van der Waals surface area contributed by atoms with E-state index < -0.39 is 9.84 Å². The Bertz CT molecular complexity index is 635. The van der Waals surface area contributed by atoms with Crippen molar-refractivity contribution in [3.63, 3.8) is 0 Å². The summed E-state index contributed by atoms with van der Waals surface area (Å²) in [5, 5.41) is 0. The Morgan fingerprint density at radius 3 is 2.32 bits per heavy atom. The van der Waals surface area contributed by atoms with Gasteiger partial charge in [-0.15, -0.1) is 0 Å². The van der Waals surface area contributed by atoms with Gasteiger partial charge in [-0.25, -0.2) is 18.4 Å². The number of fused-ring (bicyclic) bond motifs is 1. The number of rotatable bonds is 4. The maximum atomic E-state index is 12.1. The molecule has 0 aromatic carbocycles. The molecule has 0 N–H and O–H groups in total. The van der Waals surface area contributed by atoms with Crippen molar-refractivity contribution in [3.8, 4) is 0 Å². The van der Waals surface area contributed by atoms with E-state index >= 15 is 0 Å². The number of sulfone groups is 1. The first-order valence-corrected chi connectivity index (χ1v) is 9.46. The fourth-order valence-electron chi connectivity index (χ4n) is 3.25. The van der Waals surface area contributed by atoms with E-state index in [0.717, 1.165) is 25.3 Å². The molecule has 0 radical (unpaired) electrons. The number of hydrogen-bond donors (Lipinski definition) is 0. The van der Waals surface area contributed by atoms with Crippen LogP contribution in [-0.2, 0) is 14.6 Å². The summed E-state index contributed by atoms with van der Waals surface area (Å²) in [6, 6.07) is 1.79. The number of hydrogen-bond acceptors (Lipinski definition) is 6. The van der Waals surface area contributed by atoms with E-state index in [1.165, 1.54) is 0 Å². The Labute approximate surface area is 130 Å². The third-order valence-corrected chi connectivity index (χ3v) is 5.31. The number of nitrogens with zero attached hydrogens (tertiary/aromatic N) is 4. The molecule has 2 unspecified atom stereocenters. The van der Waals surface area contributed by atoms with Crippen molar-refractivity contribution in [1.29, 1.82) is 0 Å². The molecule has 0 bridgehead atoms. The summed E-state index contributed by atoms with van der Waals surface area (Å²) in [7, 11) is -3.08.